The third-order valence-corrected chi connectivity index (χ3v) is 1.82. The Bertz CT molecular complexity index is 270. The van der Waals surface area contributed by atoms with Gasteiger partial charge in [-0.25, -0.2) is 0 Å². The third-order valence-electron chi connectivity index (χ3n) is 1.82. The molecular formula is C9H13N3. The number of aromatic nitrogens is 1. The molecule has 1 heterocycles. The van der Waals surface area contributed by atoms with Gasteiger partial charge in [0.2, 0.25) is 0 Å². The largest absolute Gasteiger partial charge is 0.350 e. The van der Waals surface area contributed by atoms with E-state index in [-0.39, 0.29) is 0 Å². The Kier molecular flexibility index (Phi) is 3.36. The molecule has 0 saturated heterocycles. The minimum atomic E-state index is 0.569. The lowest BCUT2D eigenvalue weighted by molar-refractivity contribution is 0.629. The average Bonchev–Trinajstić information content (AvgIpc) is 2.52. The number of unbranched alkanes of at least 4 members (excludes halogenated alkanes) is 1. The zero-order valence-corrected chi connectivity index (χ0v) is 7.03. The van der Waals surface area contributed by atoms with Crippen LogP contribution in [-0.2, 0) is 13.1 Å². The van der Waals surface area contributed by atoms with E-state index in [0.29, 0.717) is 13.0 Å². The van der Waals surface area contributed by atoms with Gasteiger partial charge < -0.3 is 10.3 Å². The van der Waals surface area contributed by atoms with Gasteiger partial charge in [0.1, 0.15) is 0 Å². The van der Waals surface area contributed by atoms with Crippen molar-refractivity contribution in [3.05, 3.63) is 24.0 Å². The molecule has 0 unspecified atom stereocenters. The molecule has 0 fully saturated rings. The van der Waals surface area contributed by atoms with Crippen LogP contribution in [0.15, 0.2) is 18.3 Å². The van der Waals surface area contributed by atoms with Crippen LogP contribution in [0.25, 0.3) is 0 Å². The summed E-state index contributed by atoms with van der Waals surface area (Å²) in [7, 11) is 0. The van der Waals surface area contributed by atoms with Crippen LogP contribution < -0.4 is 5.73 Å². The highest BCUT2D eigenvalue weighted by atomic mass is 15.0. The molecule has 0 aliphatic carbocycles. The first-order valence-corrected chi connectivity index (χ1v) is 4.09. The van der Waals surface area contributed by atoms with Crippen molar-refractivity contribution in [3.8, 4) is 6.07 Å². The maximum Gasteiger partial charge on any atom is 0.0622 e. The van der Waals surface area contributed by atoms with Crippen LogP contribution in [0.5, 0.6) is 0 Å². The van der Waals surface area contributed by atoms with Crippen molar-refractivity contribution >= 4 is 0 Å². The van der Waals surface area contributed by atoms with Gasteiger partial charge in [0, 0.05) is 31.4 Å². The minimum Gasteiger partial charge on any atom is -0.350 e. The second-order valence-electron chi connectivity index (χ2n) is 2.66. The van der Waals surface area contributed by atoms with E-state index in [0.717, 1.165) is 18.7 Å². The maximum absolute atomic E-state index is 8.34. The molecule has 3 heteroatoms. The predicted molar refractivity (Wildman–Crippen MR) is 47.2 cm³/mol. The first-order valence-electron chi connectivity index (χ1n) is 4.09. The summed E-state index contributed by atoms with van der Waals surface area (Å²) in [5.41, 5.74) is 6.65. The van der Waals surface area contributed by atoms with Crippen molar-refractivity contribution in [2.45, 2.75) is 25.9 Å². The molecule has 0 saturated carbocycles. The zero-order valence-electron chi connectivity index (χ0n) is 7.03. The molecule has 0 spiro atoms. The molecule has 0 bridgehead atoms. The maximum atomic E-state index is 8.34. The van der Waals surface area contributed by atoms with Gasteiger partial charge in [-0.15, -0.1) is 0 Å². The number of hydrogen-bond acceptors (Lipinski definition) is 2. The van der Waals surface area contributed by atoms with Crippen molar-refractivity contribution in [2.75, 3.05) is 0 Å². The average molecular weight is 163 g/mol. The van der Waals surface area contributed by atoms with Crippen molar-refractivity contribution in [3.63, 3.8) is 0 Å². The Hall–Kier alpha value is -1.27. The van der Waals surface area contributed by atoms with E-state index in [1.807, 2.05) is 18.3 Å². The molecular weight excluding hydrogens is 150 g/mol. The van der Waals surface area contributed by atoms with Gasteiger partial charge >= 0.3 is 0 Å². The Balaban J connectivity index is 2.46. The van der Waals surface area contributed by atoms with Crippen LogP contribution in [0.1, 0.15) is 18.5 Å². The fourth-order valence-corrected chi connectivity index (χ4v) is 1.18. The van der Waals surface area contributed by atoms with Gasteiger partial charge in [-0.2, -0.15) is 5.26 Å². The lowest BCUT2D eigenvalue weighted by Gasteiger charge is -2.04. The van der Waals surface area contributed by atoms with Crippen LogP contribution in [0.3, 0.4) is 0 Å². The summed E-state index contributed by atoms with van der Waals surface area (Å²) < 4.78 is 2.09. The quantitative estimate of drug-likeness (QED) is 0.679. The normalized spacial score (nSPS) is 9.67. The molecule has 0 aliphatic heterocycles. The van der Waals surface area contributed by atoms with E-state index in [4.69, 9.17) is 11.0 Å². The molecule has 0 aliphatic rings. The summed E-state index contributed by atoms with van der Waals surface area (Å²) >= 11 is 0. The Labute approximate surface area is 72.4 Å². The molecule has 0 aromatic carbocycles. The monoisotopic (exact) mass is 163 g/mol. The first-order chi connectivity index (χ1) is 5.88. The molecule has 1 aromatic rings. The zero-order chi connectivity index (χ0) is 8.81. The van der Waals surface area contributed by atoms with Gasteiger partial charge in [-0.1, -0.05) is 0 Å². The minimum absolute atomic E-state index is 0.569. The molecule has 2 N–H and O–H groups in total. The summed E-state index contributed by atoms with van der Waals surface area (Å²) in [5.74, 6) is 0. The third kappa shape index (κ3) is 2.11. The summed E-state index contributed by atoms with van der Waals surface area (Å²) in [6.07, 6.45) is 3.51. The number of nitrogens with two attached hydrogens (primary N) is 1. The molecule has 12 heavy (non-hydrogen) atoms. The number of rotatable bonds is 4. The molecule has 3 nitrogen and oxygen atoms in total. The van der Waals surface area contributed by atoms with Gasteiger partial charge in [0.05, 0.1) is 6.07 Å². The van der Waals surface area contributed by atoms with Crippen LogP contribution in [0, 0.1) is 11.3 Å². The van der Waals surface area contributed by atoms with Gasteiger partial charge in [-0.05, 0) is 18.6 Å². The number of nitriles is 1. The van der Waals surface area contributed by atoms with Gasteiger partial charge in [0.15, 0.2) is 0 Å². The highest BCUT2D eigenvalue weighted by molar-refractivity contribution is 5.06. The molecule has 1 aromatic heterocycles. The fourth-order valence-electron chi connectivity index (χ4n) is 1.18. The smallest absolute Gasteiger partial charge is 0.0622 e. The van der Waals surface area contributed by atoms with E-state index in [1.54, 1.807) is 0 Å². The van der Waals surface area contributed by atoms with Crippen LogP contribution in [0.2, 0.25) is 0 Å². The highest BCUT2D eigenvalue weighted by Gasteiger charge is 1.96. The van der Waals surface area contributed by atoms with E-state index in [9.17, 15) is 0 Å². The fraction of sp³-hybridized carbons (Fsp3) is 0.444. The van der Waals surface area contributed by atoms with Crippen LogP contribution in [-0.4, -0.2) is 4.57 Å². The first kappa shape index (κ1) is 8.82. The number of aryl methyl sites for hydroxylation is 1. The molecule has 1 rings (SSSR count). The van der Waals surface area contributed by atoms with Crippen LogP contribution in [0.4, 0.5) is 0 Å². The van der Waals surface area contributed by atoms with Gasteiger partial charge in [0.25, 0.3) is 0 Å². The summed E-state index contributed by atoms with van der Waals surface area (Å²) in [4.78, 5) is 0. The lowest BCUT2D eigenvalue weighted by atomic mass is 10.3. The topological polar surface area (TPSA) is 54.7 Å². The second-order valence-corrected chi connectivity index (χ2v) is 2.66. The number of hydrogen-bond donors (Lipinski definition) is 1. The van der Waals surface area contributed by atoms with Crippen molar-refractivity contribution in [1.82, 2.24) is 4.57 Å². The van der Waals surface area contributed by atoms with Crippen LogP contribution >= 0.6 is 0 Å². The number of nitrogens with zero attached hydrogens (tertiary/aromatic N) is 2. The Morgan fingerprint density at radius 1 is 1.58 bits per heavy atom. The Morgan fingerprint density at radius 2 is 2.42 bits per heavy atom. The van der Waals surface area contributed by atoms with E-state index >= 15 is 0 Å². The van der Waals surface area contributed by atoms with E-state index in [1.165, 1.54) is 0 Å². The predicted octanol–water partition coefficient (Wildman–Crippen LogP) is 1.25. The second kappa shape index (κ2) is 4.58. The van der Waals surface area contributed by atoms with Crippen molar-refractivity contribution in [1.29, 1.82) is 5.26 Å². The SMILES string of the molecule is N#CCCCn1cccc1CN. The summed E-state index contributed by atoms with van der Waals surface area (Å²) in [6, 6.07) is 6.11. The highest BCUT2D eigenvalue weighted by Crippen LogP contribution is 2.03. The standard InChI is InChI=1S/C9H13N3/c10-5-1-2-6-12-7-3-4-9(12)8-11/h3-4,7H,1-2,6,8,11H2. The van der Waals surface area contributed by atoms with E-state index < -0.39 is 0 Å². The van der Waals surface area contributed by atoms with Gasteiger partial charge in [-0.3, -0.25) is 0 Å². The molecule has 0 amide bonds. The molecule has 64 valence electrons. The Morgan fingerprint density at radius 3 is 3.08 bits per heavy atom. The summed E-state index contributed by atoms with van der Waals surface area (Å²) in [6.45, 7) is 1.46. The molecule has 0 radical (unpaired) electrons. The van der Waals surface area contributed by atoms with Crippen molar-refractivity contribution < 1.29 is 0 Å². The van der Waals surface area contributed by atoms with E-state index in [2.05, 4.69) is 10.6 Å². The van der Waals surface area contributed by atoms with Crippen molar-refractivity contribution in [2.24, 2.45) is 5.73 Å². The molecule has 0 atom stereocenters. The lowest BCUT2D eigenvalue weighted by Crippen LogP contribution is -2.06. The summed E-state index contributed by atoms with van der Waals surface area (Å²) in [5, 5.41) is 8.34.